The molecule has 516 valence electrons. The first-order valence-corrected chi connectivity index (χ1v) is 38.5. The smallest absolute Gasteiger partial charge is 0.456 e. The maximum Gasteiger partial charge on any atom is 0.472 e. The van der Waals surface area contributed by atoms with E-state index in [9.17, 15) is 19.0 Å². The van der Waals surface area contributed by atoms with E-state index in [0.29, 0.717) is 23.9 Å². The third-order valence-electron chi connectivity index (χ3n) is 15.8. The lowest BCUT2D eigenvalue weighted by Crippen LogP contribution is -2.47. The molecule has 2 N–H and O–H groups in total. The molecule has 0 aliphatic rings. The Morgan fingerprint density at radius 1 is 0.400 bits per heavy atom. The second-order valence-electron chi connectivity index (χ2n) is 25.7. The lowest BCUT2D eigenvalue weighted by molar-refractivity contribution is -0.870. The number of carbonyl (C=O) groups excluding carboxylic acids is 2. The van der Waals surface area contributed by atoms with Crippen LogP contribution in [0.15, 0.2) is 134 Å². The van der Waals surface area contributed by atoms with E-state index in [2.05, 4.69) is 148 Å². The first kappa shape index (κ1) is 86.2. The number of amides is 1. The van der Waals surface area contributed by atoms with Gasteiger partial charge in [0.1, 0.15) is 19.3 Å². The Morgan fingerprint density at radius 2 is 0.711 bits per heavy atom. The van der Waals surface area contributed by atoms with Crippen molar-refractivity contribution in [3.05, 3.63) is 134 Å². The standard InChI is InChI=1S/C80H139N2O7P/c1-7-10-13-16-19-22-25-28-30-32-34-36-38-40-41-43-44-46-48-50-52-54-57-60-63-66-69-72-79(83)81-77(76-88-90(85,86)87-75-74-82(4,5)6)78(71-68-65-62-59-56-27-24-21-18-15-12-9-3)89-80(84)73-70-67-64-61-58-55-53-51-49-47-45-42-39-37-35-33-31-29-26-23-20-17-14-11-8-2/h11,14,19-20,22-23,28-31,34-37,40-42,45,49,51,68,71,77-78H,7-10,12-13,15-18,21,24-27,32-33,38-39,43-44,46-48,50,52-67,69-70,72-76H2,1-6H3,(H-,81,83,85,86)/p+1/b14-11-,22-19-,23-20-,30-28-,31-29-,36-34-,37-35-,41-40-,45-42-,51-49-,71-68+. The fourth-order valence-electron chi connectivity index (χ4n) is 10.2. The number of nitrogens with one attached hydrogen (secondary N) is 1. The summed E-state index contributed by atoms with van der Waals surface area (Å²) in [6.45, 7) is 6.87. The van der Waals surface area contributed by atoms with Gasteiger partial charge >= 0.3 is 13.8 Å². The van der Waals surface area contributed by atoms with Crippen LogP contribution in [0.3, 0.4) is 0 Å². The van der Waals surface area contributed by atoms with E-state index in [1.165, 1.54) is 128 Å². The largest absolute Gasteiger partial charge is 0.472 e. The van der Waals surface area contributed by atoms with Gasteiger partial charge in [-0.05, 0) is 128 Å². The van der Waals surface area contributed by atoms with Crippen molar-refractivity contribution in [1.29, 1.82) is 0 Å². The molecule has 3 unspecified atom stereocenters. The summed E-state index contributed by atoms with van der Waals surface area (Å²) in [5, 5.41) is 3.07. The van der Waals surface area contributed by atoms with Gasteiger partial charge in [0.25, 0.3) is 0 Å². The van der Waals surface area contributed by atoms with Gasteiger partial charge in [-0.25, -0.2) is 4.57 Å². The summed E-state index contributed by atoms with van der Waals surface area (Å²) in [7, 11) is 1.47. The van der Waals surface area contributed by atoms with Gasteiger partial charge in [0, 0.05) is 12.8 Å². The Labute approximate surface area is 556 Å². The molecule has 1 amide bonds. The number of esters is 1. The van der Waals surface area contributed by atoms with Crippen LogP contribution in [-0.4, -0.2) is 74.3 Å². The van der Waals surface area contributed by atoms with Gasteiger partial charge in [-0.1, -0.05) is 302 Å². The van der Waals surface area contributed by atoms with E-state index in [1.54, 1.807) is 0 Å². The number of allylic oxidation sites excluding steroid dienone is 21. The van der Waals surface area contributed by atoms with Crippen molar-refractivity contribution in [2.24, 2.45) is 0 Å². The predicted octanol–water partition coefficient (Wildman–Crippen LogP) is 24.0. The molecule has 0 saturated carbocycles. The molecule has 0 aliphatic heterocycles. The minimum atomic E-state index is -4.47. The zero-order chi connectivity index (χ0) is 65.6. The highest BCUT2D eigenvalue weighted by Gasteiger charge is 2.30. The summed E-state index contributed by atoms with van der Waals surface area (Å²) in [6.07, 6.45) is 97.5. The lowest BCUT2D eigenvalue weighted by atomic mass is 10.0. The van der Waals surface area contributed by atoms with Gasteiger partial charge in [-0.3, -0.25) is 18.6 Å². The first-order chi connectivity index (χ1) is 43.9. The van der Waals surface area contributed by atoms with Crippen LogP contribution in [0, 0.1) is 0 Å². The van der Waals surface area contributed by atoms with Crippen molar-refractivity contribution in [3.8, 4) is 0 Å². The van der Waals surface area contributed by atoms with Crippen molar-refractivity contribution < 1.29 is 37.3 Å². The molecule has 9 nitrogen and oxygen atoms in total. The van der Waals surface area contributed by atoms with Crippen molar-refractivity contribution in [2.75, 3.05) is 40.9 Å². The molecule has 0 heterocycles. The number of phosphoric acid groups is 1. The number of carbonyl (C=O) groups is 2. The summed E-state index contributed by atoms with van der Waals surface area (Å²) < 4.78 is 30.8. The molecule has 3 atom stereocenters. The number of hydrogen-bond acceptors (Lipinski definition) is 6. The quantitative estimate of drug-likeness (QED) is 0.0205. The number of rotatable bonds is 66. The number of nitrogens with zero attached hydrogens (tertiary/aromatic N) is 1. The second-order valence-corrected chi connectivity index (χ2v) is 27.2. The van der Waals surface area contributed by atoms with Gasteiger partial charge in [-0.15, -0.1) is 0 Å². The first-order valence-electron chi connectivity index (χ1n) is 37.0. The van der Waals surface area contributed by atoms with Crippen LogP contribution in [0.5, 0.6) is 0 Å². The minimum Gasteiger partial charge on any atom is -0.456 e. The van der Waals surface area contributed by atoms with Crippen LogP contribution in [0.1, 0.15) is 310 Å². The average molecular weight is 1270 g/mol. The summed E-state index contributed by atoms with van der Waals surface area (Å²) in [5.41, 5.74) is 0. The summed E-state index contributed by atoms with van der Waals surface area (Å²) in [6, 6.07) is -0.867. The highest BCUT2D eigenvalue weighted by Crippen LogP contribution is 2.43. The van der Waals surface area contributed by atoms with Crippen molar-refractivity contribution in [1.82, 2.24) is 5.32 Å². The molecular formula is C80H140N2O7P+. The van der Waals surface area contributed by atoms with Crippen LogP contribution >= 0.6 is 7.82 Å². The Morgan fingerprint density at radius 3 is 1.09 bits per heavy atom. The molecule has 10 heteroatoms. The molecule has 0 aromatic rings. The highest BCUT2D eigenvalue weighted by atomic mass is 31.2. The molecule has 90 heavy (non-hydrogen) atoms. The monoisotopic (exact) mass is 1270 g/mol. The fourth-order valence-corrected chi connectivity index (χ4v) is 10.9. The number of ether oxygens (including phenoxy) is 1. The maximum atomic E-state index is 13.6. The summed E-state index contributed by atoms with van der Waals surface area (Å²) in [4.78, 5) is 38.0. The number of likely N-dealkylation sites (N-methyl/N-ethyl adjacent to an activating group) is 1. The van der Waals surface area contributed by atoms with Crippen molar-refractivity contribution >= 4 is 19.7 Å². The van der Waals surface area contributed by atoms with Gasteiger partial charge in [0.05, 0.1) is 33.8 Å². The third-order valence-corrected chi connectivity index (χ3v) is 16.8. The molecule has 0 saturated heterocycles. The number of phosphoric ester groups is 1. The van der Waals surface area contributed by atoms with Gasteiger partial charge in [0.2, 0.25) is 5.91 Å². The number of unbranched alkanes of at least 4 members (excludes halogenated alkanes) is 30. The Balaban J connectivity index is 5.08. The Hall–Kier alpha value is -3.85. The van der Waals surface area contributed by atoms with Crippen LogP contribution in [0.25, 0.3) is 0 Å². The Bertz CT molecular complexity index is 2000. The zero-order valence-corrected chi connectivity index (χ0v) is 60.0. The predicted molar refractivity (Wildman–Crippen MR) is 392 cm³/mol. The van der Waals surface area contributed by atoms with Crippen LogP contribution in [0.2, 0.25) is 0 Å². The fraction of sp³-hybridized carbons (Fsp3) is 0.700. The second kappa shape index (κ2) is 68.0. The summed E-state index contributed by atoms with van der Waals surface area (Å²) >= 11 is 0. The molecule has 0 aromatic heterocycles. The SMILES string of the molecule is CC/C=C\C/C=C\C/C=C\C/C=C\C/C=C\C/C=C\CCCCCCCCC(=O)OC(/C=C/CCCCCCCCCCCC)C(COP(=O)(O)OCC[N+](C)(C)C)NC(=O)CCCCCCCCCCCCC/C=C\C/C=C\C/C=C\C/C=C\CCCCC. The normalized spacial score (nSPS) is 14.3. The summed E-state index contributed by atoms with van der Waals surface area (Å²) in [5.74, 6) is -0.528. The Kier molecular flexibility index (Phi) is 65.1. The van der Waals surface area contributed by atoms with E-state index in [4.69, 9.17) is 13.8 Å². The lowest BCUT2D eigenvalue weighted by Gasteiger charge is -2.27. The zero-order valence-electron chi connectivity index (χ0n) is 59.1. The van der Waals surface area contributed by atoms with Crippen LogP contribution in [-0.2, 0) is 27.9 Å². The van der Waals surface area contributed by atoms with E-state index in [-0.39, 0.29) is 31.5 Å². The van der Waals surface area contributed by atoms with Crippen LogP contribution in [0.4, 0.5) is 0 Å². The van der Waals surface area contributed by atoms with E-state index in [0.717, 1.165) is 141 Å². The van der Waals surface area contributed by atoms with E-state index < -0.39 is 20.0 Å². The molecule has 0 rings (SSSR count). The molecule has 0 spiro atoms. The number of hydrogen-bond donors (Lipinski definition) is 2. The van der Waals surface area contributed by atoms with Crippen LogP contribution < -0.4 is 5.32 Å². The van der Waals surface area contributed by atoms with Gasteiger partial charge in [-0.2, -0.15) is 0 Å². The van der Waals surface area contributed by atoms with Crippen molar-refractivity contribution in [2.45, 2.75) is 322 Å². The van der Waals surface area contributed by atoms with Gasteiger partial charge < -0.3 is 19.4 Å². The maximum absolute atomic E-state index is 13.6. The van der Waals surface area contributed by atoms with Gasteiger partial charge in [0.15, 0.2) is 0 Å². The average Bonchev–Trinajstić information content (AvgIpc) is 3.11. The molecule has 0 aliphatic carbocycles. The molecule has 0 bridgehead atoms. The number of quaternary nitrogens is 1. The third kappa shape index (κ3) is 68.5. The van der Waals surface area contributed by atoms with E-state index >= 15 is 0 Å². The minimum absolute atomic E-state index is 0.0305. The topological polar surface area (TPSA) is 111 Å². The van der Waals surface area contributed by atoms with Crippen molar-refractivity contribution in [3.63, 3.8) is 0 Å². The molecule has 0 aromatic carbocycles. The highest BCUT2D eigenvalue weighted by molar-refractivity contribution is 7.47. The molecule has 0 radical (unpaired) electrons. The van der Waals surface area contributed by atoms with E-state index in [1.807, 2.05) is 33.3 Å². The molecular weight excluding hydrogens is 1130 g/mol. The molecule has 0 fully saturated rings.